The number of amides is 1. The number of nitrogens with one attached hydrogen (secondary N) is 1. The minimum Gasteiger partial charge on any atom is -0.381 e. The molecule has 0 saturated carbocycles. The molecule has 1 atom stereocenters. The van der Waals surface area contributed by atoms with E-state index in [-0.39, 0.29) is 16.8 Å². The smallest absolute Gasteiger partial charge is 0.258 e. The number of nitrogens with zero attached hydrogens (tertiary/aromatic N) is 1. The van der Waals surface area contributed by atoms with Crippen molar-refractivity contribution in [1.82, 2.24) is 0 Å². The fourth-order valence-corrected chi connectivity index (χ4v) is 3.45. The topological polar surface area (TPSA) is 66.5 Å². The first-order chi connectivity index (χ1) is 11.4. The predicted molar refractivity (Wildman–Crippen MR) is 95.4 cm³/mol. The van der Waals surface area contributed by atoms with Crippen LogP contribution in [0.4, 0.5) is 11.4 Å². The van der Waals surface area contributed by atoms with E-state index in [1.54, 1.807) is 17.0 Å². The molecule has 2 aromatic carbocycles. The van der Waals surface area contributed by atoms with Crippen LogP contribution in [0.15, 0.2) is 53.4 Å². The fraction of sp³-hybridized carbons (Fsp3) is 0.278. The number of sulfone groups is 1. The number of hydrogen-bond acceptors (Lipinski definition) is 4. The van der Waals surface area contributed by atoms with Crippen LogP contribution in [0.3, 0.4) is 0 Å². The molecular weight excluding hydrogens is 324 g/mol. The molecule has 0 bridgehead atoms. The molecule has 24 heavy (non-hydrogen) atoms. The summed E-state index contributed by atoms with van der Waals surface area (Å²) in [4.78, 5) is 14.9. The third-order valence-corrected chi connectivity index (χ3v) is 5.29. The predicted octanol–water partition coefficient (Wildman–Crippen LogP) is 2.94. The summed E-state index contributed by atoms with van der Waals surface area (Å²) in [6.07, 6.45) is 1.99. The van der Waals surface area contributed by atoms with Gasteiger partial charge in [-0.1, -0.05) is 12.1 Å². The van der Waals surface area contributed by atoms with E-state index in [2.05, 4.69) is 12.2 Å². The number of benzene rings is 2. The van der Waals surface area contributed by atoms with Gasteiger partial charge in [0.2, 0.25) is 0 Å². The number of fused-ring (bicyclic) bond motifs is 1. The SMILES string of the molecule is C[C@H]1CCN(C(=O)c2ccc(S(C)(=O)=O)cc2)c2ccccc2N1. The van der Waals surface area contributed by atoms with Crippen LogP contribution >= 0.6 is 0 Å². The van der Waals surface area contributed by atoms with Crippen LogP contribution in [0.1, 0.15) is 23.7 Å². The van der Waals surface area contributed by atoms with E-state index >= 15 is 0 Å². The Hall–Kier alpha value is -2.34. The van der Waals surface area contributed by atoms with Gasteiger partial charge in [0, 0.05) is 24.4 Å². The maximum Gasteiger partial charge on any atom is 0.258 e. The second-order valence-corrected chi connectivity index (χ2v) is 8.12. The molecule has 1 N–H and O–H groups in total. The molecule has 0 radical (unpaired) electrons. The first-order valence-electron chi connectivity index (χ1n) is 7.84. The Labute approximate surface area is 142 Å². The number of hydrogen-bond donors (Lipinski definition) is 1. The standard InChI is InChI=1S/C18H20N2O3S/c1-13-11-12-20(17-6-4-3-5-16(17)19-13)18(21)14-7-9-15(10-8-14)24(2,22)23/h3-10,13,19H,11-12H2,1-2H3/t13-/m0/s1. The number of carbonyl (C=O) groups is 1. The van der Waals surface area contributed by atoms with Gasteiger partial charge in [-0.3, -0.25) is 4.79 Å². The first-order valence-corrected chi connectivity index (χ1v) is 9.73. The minimum absolute atomic E-state index is 0.126. The van der Waals surface area contributed by atoms with E-state index in [4.69, 9.17) is 0 Å². The summed E-state index contributed by atoms with van der Waals surface area (Å²) < 4.78 is 23.1. The van der Waals surface area contributed by atoms with Gasteiger partial charge in [-0.2, -0.15) is 0 Å². The summed E-state index contributed by atoms with van der Waals surface area (Å²) in [6, 6.07) is 14.1. The first kappa shape index (κ1) is 16.5. The molecule has 0 fully saturated rings. The highest BCUT2D eigenvalue weighted by Crippen LogP contribution is 2.31. The highest BCUT2D eigenvalue weighted by Gasteiger charge is 2.24. The van der Waals surface area contributed by atoms with E-state index in [1.165, 1.54) is 12.1 Å². The molecule has 126 valence electrons. The van der Waals surface area contributed by atoms with E-state index in [0.717, 1.165) is 24.1 Å². The molecular formula is C18H20N2O3S. The zero-order valence-electron chi connectivity index (χ0n) is 13.7. The molecule has 0 spiro atoms. The Morgan fingerprint density at radius 2 is 1.79 bits per heavy atom. The molecule has 0 unspecified atom stereocenters. The summed E-state index contributed by atoms with van der Waals surface area (Å²) in [5, 5.41) is 3.41. The van der Waals surface area contributed by atoms with Gasteiger partial charge in [0.1, 0.15) is 0 Å². The van der Waals surface area contributed by atoms with Gasteiger partial charge in [-0.05, 0) is 49.7 Å². The average molecular weight is 344 g/mol. The maximum absolute atomic E-state index is 12.9. The van der Waals surface area contributed by atoms with Crippen molar-refractivity contribution in [3.8, 4) is 0 Å². The number of anilines is 2. The van der Waals surface area contributed by atoms with Crippen molar-refractivity contribution in [2.24, 2.45) is 0 Å². The Morgan fingerprint density at radius 1 is 1.12 bits per heavy atom. The number of carbonyl (C=O) groups excluding carboxylic acids is 1. The Bertz CT molecular complexity index is 860. The summed E-state index contributed by atoms with van der Waals surface area (Å²) in [5.74, 6) is -0.126. The van der Waals surface area contributed by atoms with Gasteiger partial charge < -0.3 is 10.2 Å². The zero-order chi connectivity index (χ0) is 17.3. The monoisotopic (exact) mass is 344 g/mol. The van der Waals surface area contributed by atoms with Crippen LogP contribution in [0.2, 0.25) is 0 Å². The van der Waals surface area contributed by atoms with Crippen LogP contribution in [0.25, 0.3) is 0 Å². The van der Waals surface area contributed by atoms with E-state index in [1.807, 2.05) is 24.3 Å². The van der Waals surface area contributed by atoms with E-state index in [9.17, 15) is 13.2 Å². The molecule has 0 aromatic heterocycles. The Kier molecular flexibility index (Phi) is 4.32. The van der Waals surface area contributed by atoms with Gasteiger partial charge in [0.05, 0.1) is 16.3 Å². The quantitative estimate of drug-likeness (QED) is 0.910. The van der Waals surface area contributed by atoms with Crippen molar-refractivity contribution in [3.63, 3.8) is 0 Å². The third kappa shape index (κ3) is 3.28. The summed E-state index contributed by atoms with van der Waals surface area (Å²) in [6.45, 7) is 2.70. The van der Waals surface area contributed by atoms with Gasteiger partial charge in [0.15, 0.2) is 9.84 Å². The molecule has 1 amide bonds. The molecule has 6 heteroatoms. The van der Waals surface area contributed by atoms with Crippen LogP contribution in [0, 0.1) is 0 Å². The Morgan fingerprint density at radius 3 is 2.46 bits per heavy atom. The van der Waals surface area contributed by atoms with Crippen molar-refractivity contribution < 1.29 is 13.2 Å². The molecule has 0 aliphatic carbocycles. The molecule has 1 aliphatic heterocycles. The number of para-hydroxylation sites is 2. The summed E-state index contributed by atoms with van der Waals surface area (Å²) in [7, 11) is -3.27. The Balaban J connectivity index is 1.95. The van der Waals surface area contributed by atoms with Crippen molar-refractivity contribution in [3.05, 3.63) is 54.1 Å². The van der Waals surface area contributed by atoms with Crippen LogP contribution in [-0.2, 0) is 9.84 Å². The molecule has 5 nitrogen and oxygen atoms in total. The lowest BCUT2D eigenvalue weighted by Crippen LogP contribution is -2.32. The number of rotatable bonds is 2. The van der Waals surface area contributed by atoms with Crippen molar-refractivity contribution in [1.29, 1.82) is 0 Å². The normalized spacial score (nSPS) is 17.6. The van der Waals surface area contributed by atoms with Gasteiger partial charge >= 0.3 is 0 Å². The molecule has 1 aliphatic rings. The van der Waals surface area contributed by atoms with Crippen LogP contribution < -0.4 is 10.2 Å². The highest BCUT2D eigenvalue weighted by molar-refractivity contribution is 7.90. The molecule has 0 saturated heterocycles. The summed E-state index contributed by atoms with van der Waals surface area (Å²) >= 11 is 0. The third-order valence-electron chi connectivity index (χ3n) is 4.16. The largest absolute Gasteiger partial charge is 0.381 e. The van der Waals surface area contributed by atoms with Crippen molar-refractivity contribution in [2.75, 3.05) is 23.0 Å². The molecule has 2 aromatic rings. The van der Waals surface area contributed by atoms with Gasteiger partial charge in [0.25, 0.3) is 5.91 Å². The molecule has 1 heterocycles. The lowest BCUT2D eigenvalue weighted by molar-refractivity contribution is 0.0987. The van der Waals surface area contributed by atoms with E-state index in [0.29, 0.717) is 12.1 Å². The highest BCUT2D eigenvalue weighted by atomic mass is 32.2. The maximum atomic E-state index is 12.9. The second-order valence-electron chi connectivity index (χ2n) is 6.10. The van der Waals surface area contributed by atoms with Gasteiger partial charge in [-0.25, -0.2) is 8.42 Å². The van der Waals surface area contributed by atoms with Crippen LogP contribution in [0.5, 0.6) is 0 Å². The lowest BCUT2D eigenvalue weighted by atomic mass is 10.1. The van der Waals surface area contributed by atoms with Crippen molar-refractivity contribution >= 4 is 27.1 Å². The second kappa shape index (κ2) is 6.28. The van der Waals surface area contributed by atoms with E-state index < -0.39 is 9.84 Å². The molecule has 3 rings (SSSR count). The van der Waals surface area contributed by atoms with Crippen molar-refractivity contribution in [2.45, 2.75) is 24.3 Å². The lowest BCUT2D eigenvalue weighted by Gasteiger charge is -2.22. The average Bonchev–Trinajstić information content (AvgIpc) is 2.72. The minimum atomic E-state index is -3.27. The van der Waals surface area contributed by atoms with Gasteiger partial charge in [-0.15, -0.1) is 0 Å². The zero-order valence-corrected chi connectivity index (χ0v) is 14.5. The van der Waals surface area contributed by atoms with Crippen LogP contribution in [-0.4, -0.2) is 33.2 Å². The summed E-state index contributed by atoms with van der Waals surface area (Å²) in [5.41, 5.74) is 2.26. The fourth-order valence-electron chi connectivity index (χ4n) is 2.82.